The van der Waals surface area contributed by atoms with Crippen LogP contribution in [0.5, 0.6) is 5.75 Å². The molecule has 0 saturated carbocycles. The predicted octanol–water partition coefficient (Wildman–Crippen LogP) is 3.21. The molecule has 1 atom stereocenters. The van der Waals surface area contributed by atoms with Crippen LogP contribution in [0.3, 0.4) is 0 Å². The summed E-state index contributed by atoms with van der Waals surface area (Å²) in [5, 5.41) is 9.42. The van der Waals surface area contributed by atoms with Crippen LogP contribution in [0.2, 0.25) is 0 Å². The topological polar surface area (TPSA) is 46.2 Å². The van der Waals surface area contributed by atoms with E-state index >= 15 is 0 Å². The molecule has 0 saturated heterocycles. The summed E-state index contributed by atoms with van der Waals surface area (Å²) in [7, 11) is 0. The van der Waals surface area contributed by atoms with Gasteiger partial charge < -0.3 is 10.8 Å². The van der Waals surface area contributed by atoms with Gasteiger partial charge >= 0.3 is 12.1 Å². The number of rotatable bonds is 2. The Balaban J connectivity index is 3.24. The quantitative estimate of drug-likeness (QED) is 0.810. The number of aromatic hydroxyl groups is 1. The van der Waals surface area contributed by atoms with E-state index in [2.05, 4.69) is 0 Å². The zero-order valence-corrected chi connectivity index (χ0v) is 9.65. The lowest BCUT2D eigenvalue weighted by Crippen LogP contribution is -2.45. The summed E-state index contributed by atoms with van der Waals surface area (Å²) in [6.07, 6.45) is -5.72. The van der Waals surface area contributed by atoms with Gasteiger partial charge in [-0.05, 0) is 30.5 Å². The number of hydrogen-bond donors (Lipinski definition) is 2. The molecule has 7 heteroatoms. The minimum atomic E-state index is -5.72. The van der Waals surface area contributed by atoms with Gasteiger partial charge in [0.15, 0.2) is 0 Å². The number of alkyl halides is 5. The van der Waals surface area contributed by atoms with E-state index in [0.29, 0.717) is 0 Å². The van der Waals surface area contributed by atoms with Gasteiger partial charge in [-0.1, -0.05) is 12.1 Å². The monoisotopic (exact) mass is 269 g/mol. The third-order valence-electron chi connectivity index (χ3n) is 2.64. The van der Waals surface area contributed by atoms with Gasteiger partial charge in [-0.15, -0.1) is 0 Å². The maximum Gasteiger partial charge on any atom is 0.455 e. The fourth-order valence-corrected chi connectivity index (χ4v) is 1.55. The lowest BCUT2D eigenvalue weighted by molar-refractivity contribution is -0.291. The molecule has 0 unspecified atom stereocenters. The number of hydrogen-bond acceptors (Lipinski definition) is 2. The van der Waals surface area contributed by atoms with Gasteiger partial charge in [0.1, 0.15) is 11.8 Å². The van der Waals surface area contributed by atoms with Crippen LogP contribution in [0.25, 0.3) is 0 Å². The van der Waals surface area contributed by atoms with Crippen molar-refractivity contribution in [2.75, 3.05) is 0 Å². The molecule has 0 aromatic heterocycles. The van der Waals surface area contributed by atoms with Gasteiger partial charge in [0, 0.05) is 0 Å². The van der Waals surface area contributed by atoms with Crippen LogP contribution < -0.4 is 5.73 Å². The first-order valence-electron chi connectivity index (χ1n) is 4.98. The van der Waals surface area contributed by atoms with Crippen LogP contribution >= 0.6 is 0 Å². The maximum absolute atomic E-state index is 13.1. The molecule has 0 heterocycles. The van der Waals surface area contributed by atoms with Gasteiger partial charge in [0.2, 0.25) is 0 Å². The Morgan fingerprint density at radius 2 is 1.44 bits per heavy atom. The molecular formula is C11H12F5NO. The van der Waals surface area contributed by atoms with Crippen molar-refractivity contribution in [2.24, 2.45) is 5.73 Å². The summed E-state index contributed by atoms with van der Waals surface area (Å²) >= 11 is 0. The molecule has 1 aromatic carbocycles. The van der Waals surface area contributed by atoms with E-state index in [0.717, 1.165) is 12.1 Å². The van der Waals surface area contributed by atoms with Crippen LogP contribution in [-0.2, 0) is 0 Å². The molecule has 0 aliphatic heterocycles. The van der Waals surface area contributed by atoms with E-state index in [1.165, 1.54) is 13.8 Å². The summed E-state index contributed by atoms with van der Waals surface area (Å²) in [5.41, 5.74) is 5.01. The third kappa shape index (κ3) is 2.40. The first kappa shape index (κ1) is 14.7. The van der Waals surface area contributed by atoms with Crippen molar-refractivity contribution in [3.05, 3.63) is 28.8 Å². The fourth-order valence-electron chi connectivity index (χ4n) is 1.55. The summed E-state index contributed by atoms with van der Waals surface area (Å²) in [6.45, 7) is 2.79. The third-order valence-corrected chi connectivity index (χ3v) is 2.64. The molecule has 0 bridgehead atoms. The van der Waals surface area contributed by atoms with Crippen molar-refractivity contribution in [1.29, 1.82) is 0 Å². The standard InChI is InChI=1S/C11H12F5NO/c1-5-3-7(4-6(2)8(5)18)9(17)10(12,13)11(14,15)16/h3-4,9,18H,17H2,1-2H3/t9-/m0/s1. The first-order chi connectivity index (χ1) is 7.98. The molecule has 2 nitrogen and oxygen atoms in total. The van der Waals surface area contributed by atoms with Crippen LogP contribution in [0.15, 0.2) is 12.1 Å². The van der Waals surface area contributed by atoms with Crippen LogP contribution in [0.4, 0.5) is 22.0 Å². The summed E-state index contributed by atoms with van der Waals surface area (Å²) in [6, 6.07) is -0.463. The largest absolute Gasteiger partial charge is 0.507 e. The van der Waals surface area contributed by atoms with E-state index in [4.69, 9.17) is 5.73 Å². The van der Waals surface area contributed by atoms with E-state index in [-0.39, 0.29) is 22.4 Å². The Morgan fingerprint density at radius 1 is 1.06 bits per heavy atom. The molecular weight excluding hydrogens is 257 g/mol. The Bertz CT molecular complexity index is 432. The van der Waals surface area contributed by atoms with Gasteiger partial charge in [-0.3, -0.25) is 0 Å². The van der Waals surface area contributed by atoms with Crippen molar-refractivity contribution in [1.82, 2.24) is 0 Å². The fraction of sp³-hybridized carbons (Fsp3) is 0.455. The van der Waals surface area contributed by atoms with Crippen LogP contribution in [0.1, 0.15) is 22.7 Å². The van der Waals surface area contributed by atoms with Gasteiger partial charge in [-0.2, -0.15) is 22.0 Å². The molecule has 1 aromatic rings. The second-order valence-corrected chi connectivity index (χ2v) is 4.10. The second kappa shape index (κ2) is 4.38. The SMILES string of the molecule is Cc1cc([C@H](N)C(F)(F)C(F)(F)F)cc(C)c1O. The molecule has 0 amide bonds. The van der Waals surface area contributed by atoms with Gasteiger partial charge in [0.05, 0.1) is 0 Å². The number of halogens is 5. The highest BCUT2D eigenvalue weighted by atomic mass is 19.4. The molecule has 0 radical (unpaired) electrons. The minimum Gasteiger partial charge on any atom is -0.507 e. The average molecular weight is 269 g/mol. The van der Waals surface area contributed by atoms with Crippen LogP contribution in [0, 0.1) is 13.8 Å². The van der Waals surface area contributed by atoms with Crippen molar-refractivity contribution >= 4 is 0 Å². The van der Waals surface area contributed by atoms with Crippen molar-refractivity contribution in [2.45, 2.75) is 32.0 Å². The van der Waals surface area contributed by atoms with Crippen molar-refractivity contribution < 1.29 is 27.1 Å². The second-order valence-electron chi connectivity index (χ2n) is 4.10. The molecule has 0 spiro atoms. The Hall–Kier alpha value is -1.37. The minimum absolute atomic E-state index is 0.152. The van der Waals surface area contributed by atoms with E-state index in [9.17, 15) is 27.1 Å². The number of phenols is 1. The molecule has 18 heavy (non-hydrogen) atoms. The summed E-state index contributed by atoms with van der Waals surface area (Å²) in [4.78, 5) is 0. The van der Waals surface area contributed by atoms with Crippen molar-refractivity contribution in [3.63, 3.8) is 0 Å². The lowest BCUT2D eigenvalue weighted by Gasteiger charge is -2.26. The molecule has 0 aliphatic rings. The number of aryl methyl sites for hydroxylation is 2. The molecule has 3 N–H and O–H groups in total. The normalized spacial score (nSPS) is 14.7. The highest BCUT2D eigenvalue weighted by Gasteiger charge is 2.61. The smallest absolute Gasteiger partial charge is 0.455 e. The number of nitrogens with two attached hydrogens (primary N) is 1. The first-order valence-corrected chi connectivity index (χ1v) is 4.98. The molecule has 0 aliphatic carbocycles. The summed E-state index contributed by atoms with van der Waals surface area (Å²) < 4.78 is 62.6. The van der Waals surface area contributed by atoms with E-state index < -0.39 is 18.1 Å². The number of phenolic OH excluding ortho intramolecular Hbond substituents is 1. The van der Waals surface area contributed by atoms with Gasteiger partial charge in [-0.25, -0.2) is 0 Å². The Morgan fingerprint density at radius 3 is 1.78 bits per heavy atom. The highest BCUT2D eigenvalue weighted by Crippen LogP contribution is 2.44. The average Bonchev–Trinajstić information content (AvgIpc) is 2.22. The van der Waals surface area contributed by atoms with Crippen molar-refractivity contribution in [3.8, 4) is 5.75 Å². The molecule has 102 valence electrons. The summed E-state index contributed by atoms with van der Waals surface area (Å²) in [5.74, 6) is -5.18. The van der Waals surface area contributed by atoms with E-state index in [1.54, 1.807) is 0 Å². The van der Waals surface area contributed by atoms with Gasteiger partial charge in [0.25, 0.3) is 0 Å². The highest BCUT2D eigenvalue weighted by molar-refractivity contribution is 5.43. The maximum atomic E-state index is 13.1. The zero-order valence-electron chi connectivity index (χ0n) is 9.65. The molecule has 1 rings (SSSR count). The zero-order chi connectivity index (χ0) is 14.3. The molecule has 0 fully saturated rings. The van der Waals surface area contributed by atoms with E-state index in [1.807, 2.05) is 0 Å². The Labute approximate surface area is 100 Å². The van der Waals surface area contributed by atoms with Crippen LogP contribution in [-0.4, -0.2) is 17.2 Å². The lowest BCUT2D eigenvalue weighted by atomic mass is 9.96. The predicted molar refractivity (Wildman–Crippen MR) is 55.5 cm³/mol. The Kier molecular flexibility index (Phi) is 3.58. The number of benzene rings is 1.